The van der Waals surface area contributed by atoms with Crippen molar-refractivity contribution < 1.29 is 14.3 Å². The van der Waals surface area contributed by atoms with Crippen LogP contribution < -0.4 is 25.4 Å². The highest BCUT2D eigenvalue weighted by Gasteiger charge is 2.10. The van der Waals surface area contributed by atoms with Crippen LogP contribution >= 0.6 is 23.8 Å². The molecule has 1 aromatic carbocycles. The van der Waals surface area contributed by atoms with E-state index in [2.05, 4.69) is 16.0 Å². The molecule has 116 valence electrons. The van der Waals surface area contributed by atoms with Crippen molar-refractivity contribution in [1.82, 2.24) is 10.6 Å². The van der Waals surface area contributed by atoms with Crippen LogP contribution in [-0.4, -0.2) is 38.3 Å². The molecule has 21 heavy (non-hydrogen) atoms. The zero-order valence-electron chi connectivity index (χ0n) is 12.1. The van der Waals surface area contributed by atoms with E-state index in [9.17, 15) is 4.79 Å². The first kappa shape index (κ1) is 17.3. The molecular formula is C13H18ClN3O3S. The van der Waals surface area contributed by atoms with Crippen molar-refractivity contribution in [3.63, 3.8) is 0 Å². The van der Waals surface area contributed by atoms with Crippen LogP contribution in [0.5, 0.6) is 11.5 Å². The zero-order valence-corrected chi connectivity index (χ0v) is 13.7. The quantitative estimate of drug-likeness (QED) is 0.545. The molecule has 1 amide bonds. The van der Waals surface area contributed by atoms with E-state index in [0.29, 0.717) is 40.4 Å². The monoisotopic (exact) mass is 331 g/mol. The summed E-state index contributed by atoms with van der Waals surface area (Å²) >= 11 is 11.2. The Morgan fingerprint density at radius 2 is 1.81 bits per heavy atom. The second-order valence-electron chi connectivity index (χ2n) is 4.05. The molecule has 0 aliphatic heterocycles. The summed E-state index contributed by atoms with van der Waals surface area (Å²) in [6.45, 7) is 2.46. The van der Waals surface area contributed by atoms with Crippen LogP contribution in [0.3, 0.4) is 0 Å². The fraction of sp³-hybridized carbons (Fsp3) is 0.385. The summed E-state index contributed by atoms with van der Waals surface area (Å²) in [6.07, 6.45) is 0. The summed E-state index contributed by atoms with van der Waals surface area (Å²) in [7, 11) is 3.07. The number of halogens is 1. The van der Waals surface area contributed by atoms with E-state index in [4.69, 9.17) is 33.3 Å². The number of hydrogen-bond acceptors (Lipinski definition) is 4. The summed E-state index contributed by atoms with van der Waals surface area (Å²) in [5.41, 5.74) is 0.635. The molecule has 0 bridgehead atoms. The Balaban J connectivity index is 2.64. The summed E-state index contributed by atoms with van der Waals surface area (Å²) in [5.74, 6) is 0.979. The lowest BCUT2D eigenvalue weighted by molar-refractivity contribution is -0.118. The molecule has 0 aliphatic carbocycles. The van der Waals surface area contributed by atoms with Crippen LogP contribution in [0.15, 0.2) is 12.1 Å². The van der Waals surface area contributed by atoms with Crippen LogP contribution in [-0.2, 0) is 4.79 Å². The standard InChI is InChI=1S/C13H18ClN3O3S/c1-8(18)15-4-5-16-13(21)17-10-7-11(19-2)9(14)6-12(10)20-3/h6-7H,4-5H2,1-3H3,(H,15,18)(H2,16,17,21). The Morgan fingerprint density at radius 1 is 1.19 bits per heavy atom. The average Bonchev–Trinajstić information content (AvgIpc) is 2.44. The number of thiocarbonyl (C=S) groups is 1. The van der Waals surface area contributed by atoms with Gasteiger partial charge in [0, 0.05) is 32.1 Å². The number of anilines is 1. The highest BCUT2D eigenvalue weighted by Crippen LogP contribution is 2.35. The van der Waals surface area contributed by atoms with Gasteiger partial charge in [-0.1, -0.05) is 11.6 Å². The third-order valence-corrected chi connectivity index (χ3v) is 3.05. The first-order chi connectivity index (χ1) is 9.97. The molecule has 6 nitrogen and oxygen atoms in total. The minimum Gasteiger partial charge on any atom is -0.495 e. The third kappa shape index (κ3) is 5.65. The van der Waals surface area contributed by atoms with Crippen molar-refractivity contribution in [1.29, 1.82) is 0 Å². The fourth-order valence-corrected chi connectivity index (χ4v) is 1.98. The normalized spacial score (nSPS) is 9.71. The van der Waals surface area contributed by atoms with Crippen molar-refractivity contribution in [3.8, 4) is 11.5 Å². The van der Waals surface area contributed by atoms with Gasteiger partial charge in [-0.3, -0.25) is 4.79 Å². The van der Waals surface area contributed by atoms with Crippen LogP contribution in [0.1, 0.15) is 6.92 Å². The van der Waals surface area contributed by atoms with Gasteiger partial charge < -0.3 is 25.4 Å². The van der Waals surface area contributed by atoms with Crippen LogP contribution in [0.2, 0.25) is 5.02 Å². The highest BCUT2D eigenvalue weighted by atomic mass is 35.5. The number of rotatable bonds is 6. The highest BCUT2D eigenvalue weighted by molar-refractivity contribution is 7.80. The van der Waals surface area contributed by atoms with E-state index in [1.165, 1.54) is 21.1 Å². The number of nitrogens with one attached hydrogen (secondary N) is 3. The third-order valence-electron chi connectivity index (χ3n) is 2.51. The first-order valence-electron chi connectivity index (χ1n) is 6.18. The molecule has 0 saturated heterocycles. The number of carbonyl (C=O) groups excluding carboxylic acids is 1. The van der Waals surface area contributed by atoms with Crippen molar-refractivity contribution in [2.75, 3.05) is 32.6 Å². The summed E-state index contributed by atoms with van der Waals surface area (Å²) in [6, 6.07) is 3.34. The van der Waals surface area contributed by atoms with Crippen LogP contribution in [0.25, 0.3) is 0 Å². The van der Waals surface area contributed by atoms with E-state index in [1.807, 2.05) is 0 Å². The van der Waals surface area contributed by atoms with Crippen molar-refractivity contribution in [2.45, 2.75) is 6.92 Å². The smallest absolute Gasteiger partial charge is 0.216 e. The van der Waals surface area contributed by atoms with Gasteiger partial charge in [0.25, 0.3) is 0 Å². The summed E-state index contributed by atoms with van der Waals surface area (Å²) in [5, 5.41) is 9.48. The van der Waals surface area contributed by atoms with Gasteiger partial charge in [-0.2, -0.15) is 0 Å². The van der Waals surface area contributed by atoms with Gasteiger partial charge in [-0.25, -0.2) is 0 Å². The Hall–Kier alpha value is -1.73. The van der Waals surface area contributed by atoms with Crippen LogP contribution in [0.4, 0.5) is 5.69 Å². The largest absolute Gasteiger partial charge is 0.495 e. The number of methoxy groups -OCH3 is 2. The first-order valence-corrected chi connectivity index (χ1v) is 6.97. The Bertz CT molecular complexity index is 526. The molecule has 3 N–H and O–H groups in total. The van der Waals surface area contributed by atoms with Gasteiger partial charge in [0.05, 0.1) is 24.9 Å². The van der Waals surface area contributed by atoms with Crippen LogP contribution in [0, 0.1) is 0 Å². The lowest BCUT2D eigenvalue weighted by Crippen LogP contribution is -2.35. The zero-order chi connectivity index (χ0) is 15.8. The predicted octanol–water partition coefficient (Wildman–Crippen LogP) is 1.78. The molecule has 0 spiro atoms. The average molecular weight is 332 g/mol. The van der Waals surface area contributed by atoms with Gasteiger partial charge in [0.15, 0.2) is 5.11 Å². The van der Waals surface area contributed by atoms with E-state index >= 15 is 0 Å². The van der Waals surface area contributed by atoms with Gasteiger partial charge in [0.1, 0.15) is 11.5 Å². The maximum Gasteiger partial charge on any atom is 0.216 e. The molecule has 1 aromatic rings. The molecule has 0 atom stereocenters. The van der Waals surface area contributed by atoms with Crippen molar-refractivity contribution >= 4 is 40.5 Å². The lowest BCUT2D eigenvalue weighted by Gasteiger charge is -2.15. The number of hydrogen-bond donors (Lipinski definition) is 3. The van der Waals surface area contributed by atoms with Crippen molar-refractivity contribution in [2.24, 2.45) is 0 Å². The fourth-order valence-electron chi connectivity index (χ4n) is 1.54. The van der Waals surface area contributed by atoms with Gasteiger partial charge in [-0.05, 0) is 12.2 Å². The summed E-state index contributed by atoms with van der Waals surface area (Å²) < 4.78 is 10.4. The molecule has 0 saturated carbocycles. The molecule has 0 fully saturated rings. The predicted molar refractivity (Wildman–Crippen MR) is 87.5 cm³/mol. The Labute approximate surface area is 134 Å². The molecule has 1 rings (SSSR count). The minimum absolute atomic E-state index is 0.0835. The van der Waals surface area contributed by atoms with E-state index in [1.54, 1.807) is 12.1 Å². The summed E-state index contributed by atoms with van der Waals surface area (Å²) in [4.78, 5) is 10.7. The maximum absolute atomic E-state index is 10.7. The molecule has 0 radical (unpaired) electrons. The number of amides is 1. The molecular weight excluding hydrogens is 314 g/mol. The maximum atomic E-state index is 10.7. The molecule has 0 aliphatic rings. The Kier molecular flexibility index (Phi) is 7.04. The van der Waals surface area contributed by atoms with Gasteiger partial charge >= 0.3 is 0 Å². The lowest BCUT2D eigenvalue weighted by atomic mass is 10.2. The van der Waals surface area contributed by atoms with Gasteiger partial charge in [-0.15, -0.1) is 0 Å². The SMILES string of the molecule is COc1cc(NC(=S)NCCNC(C)=O)c(OC)cc1Cl. The topological polar surface area (TPSA) is 71.6 Å². The van der Waals surface area contributed by atoms with E-state index in [0.717, 1.165) is 0 Å². The van der Waals surface area contributed by atoms with Crippen molar-refractivity contribution in [3.05, 3.63) is 17.2 Å². The molecule has 0 aromatic heterocycles. The molecule has 0 unspecified atom stereocenters. The van der Waals surface area contributed by atoms with Gasteiger partial charge in [0.2, 0.25) is 5.91 Å². The molecule has 0 heterocycles. The van der Waals surface area contributed by atoms with E-state index < -0.39 is 0 Å². The second kappa shape index (κ2) is 8.53. The number of benzene rings is 1. The number of ether oxygens (including phenoxy) is 2. The minimum atomic E-state index is -0.0835. The second-order valence-corrected chi connectivity index (χ2v) is 4.87. The van der Waals surface area contributed by atoms with E-state index in [-0.39, 0.29) is 5.91 Å². The Morgan fingerprint density at radius 3 is 2.38 bits per heavy atom. The number of carbonyl (C=O) groups is 1. The molecule has 8 heteroatoms.